The van der Waals surface area contributed by atoms with E-state index in [9.17, 15) is 14.9 Å². The number of benzene rings is 2. The molecule has 1 aliphatic rings. The molecule has 0 unspecified atom stereocenters. The maximum atomic E-state index is 12.3. The van der Waals surface area contributed by atoms with Gasteiger partial charge in [0.25, 0.3) is 5.69 Å². The zero-order valence-electron chi connectivity index (χ0n) is 14.5. The molecule has 1 aromatic heterocycles. The van der Waals surface area contributed by atoms with Gasteiger partial charge < -0.3 is 14.2 Å². The number of carbonyl (C=O) groups excluding carboxylic acids is 1. The van der Waals surface area contributed by atoms with Gasteiger partial charge in [-0.1, -0.05) is 0 Å². The number of nitro groups is 1. The fraction of sp³-hybridized carbons (Fsp3) is 0.167. The predicted octanol–water partition coefficient (Wildman–Crippen LogP) is 2.40. The number of carbonyl (C=O) groups is 1. The number of esters is 1. The number of rotatable bonds is 5. The van der Waals surface area contributed by atoms with E-state index in [1.165, 1.54) is 18.5 Å². The second-order valence-corrected chi connectivity index (χ2v) is 5.92. The number of fused-ring (bicyclic) bond motifs is 1. The normalized spacial score (nSPS) is 12.7. The van der Waals surface area contributed by atoms with Gasteiger partial charge >= 0.3 is 5.97 Å². The second kappa shape index (κ2) is 7.45. The van der Waals surface area contributed by atoms with Crippen LogP contribution in [0.25, 0.3) is 5.69 Å². The topological polar surface area (TPSA) is 119 Å². The van der Waals surface area contributed by atoms with Crippen molar-refractivity contribution in [1.29, 1.82) is 0 Å². The number of non-ortho nitro benzene ring substituents is 1. The maximum Gasteiger partial charge on any atom is 0.338 e. The van der Waals surface area contributed by atoms with Gasteiger partial charge in [0.1, 0.15) is 25.0 Å². The number of nitro benzene ring substituents is 1. The van der Waals surface area contributed by atoms with Crippen LogP contribution >= 0.6 is 0 Å². The predicted molar refractivity (Wildman–Crippen MR) is 93.9 cm³/mol. The van der Waals surface area contributed by atoms with Crippen molar-refractivity contribution < 1.29 is 23.9 Å². The Morgan fingerprint density at radius 3 is 2.82 bits per heavy atom. The first-order valence-electron chi connectivity index (χ1n) is 8.25. The molecule has 10 heteroatoms. The number of aromatic nitrogens is 3. The first kappa shape index (κ1) is 17.6. The minimum atomic E-state index is -0.558. The Morgan fingerprint density at radius 2 is 2.11 bits per heavy atom. The maximum absolute atomic E-state index is 12.3. The van der Waals surface area contributed by atoms with Gasteiger partial charge in [0.05, 0.1) is 22.8 Å². The Labute approximate surface area is 158 Å². The Kier molecular flexibility index (Phi) is 4.68. The van der Waals surface area contributed by atoms with Gasteiger partial charge in [0.2, 0.25) is 0 Å². The lowest BCUT2D eigenvalue weighted by atomic mass is 10.1. The molecule has 0 bridgehead atoms. The molecule has 0 fully saturated rings. The van der Waals surface area contributed by atoms with Crippen LogP contribution < -0.4 is 4.74 Å². The van der Waals surface area contributed by atoms with Crippen LogP contribution in [0.3, 0.4) is 0 Å². The van der Waals surface area contributed by atoms with Crippen LogP contribution in [0.2, 0.25) is 0 Å². The molecule has 0 amide bonds. The fourth-order valence-corrected chi connectivity index (χ4v) is 2.81. The largest absolute Gasteiger partial charge is 0.467 e. The summed E-state index contributed by atoms with van der Waals surface area (Å²) in [7, 11) is 0. The Balaban J connectivity index is 1.50. The van der Waals surface area contributed by atoms with Gasteiger partial charge in [-0.05, 0) is 24.3 Å². The molecule has 10 nitrogen and oxygen atoms in total. The molecule has 3 aromatic rings. The minimum absolute atomic E-state index is 0.0372. The van der Waals surface area contributed by atoms with Gasteiger partial charge in [0, 0.05) is 23.3 Å². The zero-order chi connectivity index (χ0) is 19.5. The van der Waals surface area contributed by atoms with Crippen LogP contribution in [-0.4, -0.2) is 32.5 Å². The number of hydrogen-bond donors (Lipinski definition) is 0. The van der Waals surface area contributed by atoms with E-state index in [4.69, 9.17) is 14.2 Å². The quantitative estimate of drug-likeness (QED) is 0.375. The first-order valence-corrected chi connectivity index (χ1v) is 8.25. The molecule has 0 saturated carbocycles. The van der Waals surface area contributed by atoms with Gasteiger partial charge in [-0.2, -0.15) is 5.10 Å². The summed E-state index contributed by atoms with van der Waals surface area (Å²) < 4.78 is 17.5. The molecule has 0 saturated heterocycles. The number of hydrogen-bond acceptors (Lipinski definition) is 8. The summed E-state index contributed by atoms with van der Waals surface area (Å²) in [6, 6.07) is 9.36. The lowest BCUT2D eigenvalue weighted by Gasteiger charge is -2.20. The summed E-state index contributed by atoms with van der Waals surface area (Å²) in [5, 5.41) is 15.1. The molecule has 0 radical (unpaired) electrons. The average Bonchev–Trinajstić information content (AvgIpc) is 3.26. The highest BCUT2D eigenvalue weighted by molar-refractivity contribution is 5.89. The summed E-state index contributed by atoms with van der Waals surface area (Å²) in [6.07, 6.45) is 2.96. The van der Waals surface area contributed by atoms with Crippen molar-refractivity contribution in [3.05, 3.63) is 75.9 Å². The summed E-state index contributed by atoms with van der Waals surface area (Å²) in [5.74, 6) is -0.108. The summed E-state index contributed by atoms with van der Waals surface area (Å²) in [4.78, 5) is 26.8. The van der Waals surface area contributed by atoms with Crippen LogP contribution in [0.5, 0.6) is 5.75 Å². The van der Waals surface area contributed by atoms with Crippen LogP contribution in [0.1, 0.15) is 21.5 Å². The van der Waals surface area contributed by atoms with E-state index in [1.807, 2.05) is 0 Å². The van der Waals surface area contributed by atoms with E-state index < -0.39 is 10.9 Å². The van der Waals surface area contributed by atoms with E-state index in [0.29, 0.717) is 22.4 Å². The fourth-order valence-electron chi connectivity index (χ4n) is 2.81. The molecular formula is C18H14N4O6. The lowest BCUT2D eigenvalue weighted by molar-refractivity contribution is -0.385. The monoisotopic (exact) mass is 382 g/mol. The van der Waals surface area contributed by atoms with E-state index in [2.05, 4.69) is 10.1 Å². The number of nitrogens with zero attached hydrogens (tertiary/aromatic N) is 4. The van der Waals surface area contributed by atoms with Gasteiger partial charge in [-0.25, -0.2) is 14.5 Å². The van der Waals surface area contributed by atoms with Crippen molar-refractivity contribution in [1.82, 2.24) is 14.8 Å². The van der Waals surface area contributed by atoms with Crippen LogP contribution in [-0.2, 0) is 22.7 Å². The molecule has 0 aliphatic carbocycles. The highest BCUT2D eigenvalue weighted by Gasteiger charge is 2.22. The number of ether oxygens (including phenoxy) is 3. The molecule has 0 N–H and O–H groups in total. The smallest absolute Gasteiger partial charge is 0.338 e. The summed E-state index contributed by atoms with van der Waals surface area (Å²) in [5.41, 5.74) is 1.93. The van der Waals surface area contributed by atoms with Crippen LogP contribution in [0, 0.1) is 10.1 Å². The summed E-state index contributed by atoms with van der Waals surface area (Å²) in [6.45, 7) is 0.0743. The highest BCUT2D eigenvalue weighted by atomic mass is 16.7. The van der Waals surface area contributed by atoms with E-state index in [-0.39, 0.29) is 25.7 Å². The van der Waals surface area contributed by atoms with Gasteiger partial charge in [-0.3, -0.25) is 10.1 Å². The van der Waals surface area contributed by atoms with Crippen LogP contribution in [0.15, 0.2) is 49.1 Å². The van der Waals surface area contributed by atoms with Crippen molar-refractivity contribution in [3.63, 3.8) is 0 Å². The third-order valence-electron chi connectivity index (χ3n) is 4.13. The van der Waals surface area contributed by atoms with Crippen LogP contribution in [0.4, 0.5) is 5.69 Å². The molecule has 0 atom stereocenters. The minimum Gasteiger partial charge on any atom is -0.467 e. The van der Waals surface area contributed by atoms with Gasteiger partial charge in [-0.15, -0.1) is 0 Å². The molecule has 142 valence electrons. The van der Waals surface area contributed by atoms with E-state index in [0.717, 1.165) is 5.69 Å². The standard InChI is InChI=1S/C18H14N4O6/c23-18(12-1-3-15(4-2-12)21-10-19-9-20-21)27-8-14-6-16(22(24)25)5-13-7-26-11-28-17(13)14/h1-6,9-10H,7-8,11H2. The van der Waals surface area contributed by atoms with Crippen molar-refractivity contribution in [3.8, 4) is 11.4 Å². The first-order chi connectivity index (χ1) is 13.6. The van der Waals surface area contributed by atoms with Crippen molar-refractivity contribution in [2.75, 3.05) is 6.79 Å². The molecule has 1 aliphatic heterocycles. The third kappa shape index (κ3) is 3.53. The molecule has 28 heavy (non-hydrogen) atoms. The zero-order valence-corrected chi connectivity index (χ0v) is 14.5. The average molecular weight is 382 g/mol. The van der Waals surface area contributed by atoms with Gasteiger partial charge in [0.15, 0.2) is 6.79 Å². The molecule has 2 heterocycles. The van der Waals surface area contributed by atoms with Crippen molar-refractivity contribution >= 4 is 11.7 Å². The molecule has 4 rings (SSSR count). The summed E-state index contributed by atoms with van der Waals surface area (Å²) >= 11 is 0. The van der Waals surface area contributed by atoms with Crippen molar-refractivity contribution in [2.45, 2.75) is 13.2 Å². The molecular weight excluding hydrogens is 368 g/mol. The van der Waals surface area contributed by atoms with E-state index >= 15 is 0 Å². The van der Waals surface area contributed by atoms with E-state index in [1.54, 1.807) is 35.3 Å². The molecule has 2 aromatic carbocycles. The third-order valence-corrected chi connectivity index (χ3v) is 4.13. The Morgan fingerprint density at radius 1 is 1.29 bits per heavy atom. The highest BCUT2D eigenvalue weighted by Crippen LogP contribution is 2.33. The molecule has 0 spiro atoms. The lowest BCUT2D eigenvalue weighted by Crippen LogP contribution is -2.15. The second-order valence-electron chi connectivity index (χ2n) is 5.92. The SMILES string of the molecule is O=C(OCc1cc([N+](=O)[O-])cc2c1OCOC2)c1ccc(-n2cncn2)cc1. The Bertz CT molecular complexity index is 1020. The Hall–Kier alpha value is -3.79. The van der Waals surface area contributed by atoms with Crippen molar-refractivity contribution in [2.24, 2.45) is 0 Å².